The molecule has 2 heterocycles. The van der Waals surface area contributed by atoms with Crippen LogP contribution in [0.3, 0.4) is 0 Å². The third kappa shape index (κ3) is 6.32. The highest BCUT2D eigenvalue weighted by Gasteiger charge is 2.65. The van der Waals surface area contributed by atoms with Crippen LogP contribution < -0.4 is 15.9 Å². The molecule has 0 aliphatic carbocycles. The lowest BCUT2D eigenvalue weighted by molar-refractivity contribution is -0.290. The lowest BCUT2D eigenvalue weighted by Crippen LogP contribution is -2.41. The second-order valence-corrected chi connectivity index (χ2v) is 8.26. The van der Waals surface area contributed by atoms with Gasteiger partial charge in [-0.15, -0.1) is 5.11 Å². The van der Waals surface area contributed by atoms with Gasteiger partial charge in [0, 0.05) is 29.9 Å². The Morgan fingerprint density at radius 3 is 2.05 bits per heavy atom. The van der Waals surface area contributed by atoms with Crippen LogP contribution in [0, 0.1) is 17.0 Å². The third-order valence-electron chi connectivity index (χ3n) is 5.69. The molecule has 4 N–H and O–H groups in total. The molecule has 0 bridgehead atoms. The second kappa shape index (κ2) is 11.5. The first kappa shape index (κ1) is 30.3. The molecule has 4 rings (SSSR count). The summed E-state index contributed by atoms with van der Waals surface area (Å²) in [7, 11) is 0. The maximum Gasteiger partial charge on any atom is 0.456 e. The van der Waals surface area contributed by atoms with Crippen molar-refractivity contribution in [1.29, 1.82) is 5.41 Å². The first-order valence-corrected chi connectivity index (χ1v) is 11.0. The number of rotatable bonds is 8. The molecule has 2 aromatic carbocycles. The van der Waals surface area contributed by atoms with Gasteiger partial charge in [-0.3, -0.25) is 15.7 Å². The van der Waals surface area contributed by atoms with Gasteiger partial charge in [0.1, 0.15) is 35.0 Å². The van der Waals surface area contributed by atoms with Gasteiger partial charge in [-0.25, -0.2) is 8.78 Å². The van der Waals surface area contributed by atoms with Gasteiger partial charge in [0.05, 0.1) is 0 Å². The Bertz CT molecular complexity index is 1340. The van der Waals surface area contributed by atoms with Crippen molar-refractivity contribution in [3.05, 3.63) is 83.7 Å². The molecule has 214 valence electrons. The van der Waals surface area contributed by atoms with Gasteiger partial charge in [-0.1, -0.05) is 29.5 Å². The molecule has 1 aromatic heterocycles. The van der Waals surface area contributed by atoms with Gasteiger partial charge in [0.15, 0.2) is 6.61 Å². The van der Waals surface area contributed by atoms with Crippen molar-refractivity contribution in [2.75, 3.05) is 13.2 Å². The van der Waals surface area contributed by atoms with Crippen molar-refractivity contribution in [3.63, 3.8) is 0 Å². The minimum atomic E-state index is -5.75. The number of nitrogens with one attached hydrogen (secondary N) is 2. The predicted octanol–water partition coefficient (Wildman–Crippen LogP) is 6.11. The average Bonchev–Trinajstić information content (AvgIpc) is 3.71. The number of nitrogens with two attached hydrogens (primary N) is 1. The highest BCUT2D eigenvalue weighted by Crippen LogP contribution is 2.51. The Kier molecular flexibility index (Phi) is 8.72. The summed E-state index contributed by atoms with van der Waals surface area (Å²) in [5.74, 6) is -6.52. The summed E-state index contributed by atoms with van der Waals surface area (Å²) in [5.41, 5.74) is -2.43. The number of nitrogens with zero attached hydrogens (tertiary/aromatic N) is 3. The fraction of sp³-hybridized carbons (Fsp3) is 0.250. The van der Waals surface area contributed by atoms with Crippen molar-refractivity contribution < 1.29 is 44.3 Å². The molecule has 1 fully saturated rings. The summed E-state index contributed by atoms with van der Waals surface area (Å²) in [4.78, 5) is 3.78. The van der Waals surface area contributed by atoms with Gasteiger partial charge in [-0.05, 0) is 29.8 Å². The van der Waals surface area contributed by atoms with E-state index in [1.807, 2.05) is 0 Å². The van der Waals surface area contributed by atoms with Crippen LogP contribution in [0.25, 0.3) is 11.1 Å². The molecule has 1 aliphatic rings. The van der Waals surface area contributed by atoms with Gasteiger partial charge >= 0.3 is 18.0 Å². The molecule has 0 spiro atoms. The average molecular weight is 578 g/mol. The number of aromatic nitrogens is 1. The van der Waals surface area contributed by atoms with Crippen LogP contribution in [0.4, 0.5) is 39.5 Å². The van der Waals surface area contributed by atoms with Crippen LogP contribution in [0.5, 0.6) is 5.75 Å². The quantitative estimate of drug-likeness (QED) is 0.0568. The van der Waals surface area contributed by atoms with E-state index < -0.39 is 53.1 Å². The molecule has 40 heavy (non-hydrogen) atoms. The molecule has 1 atom stereocenters. The zero-order valence-corrected chi connectivity index (χ0v) is 20.0. The van der Waals surface area contributed by atoms with Crippen LogP contribution in [-0.2, 0) is 11.5 Å². The van der Waals surface area contributed by atoms with E-state index in [-0.39, 0.29) is 12.3 Å². The molecular weight excluding hydrogens is 559 g/mol. The van der Waals surface area contributed by atoms with E-state index in [2.05, 4.69) is 31.2 Å². The topological polar surface area (TPSA) is 119 Å². The van der Waals surface area contributed by atoms with Crippen molar-refractivity contribution in [2.45, 2.75) is 23.6 Å². The smallest absolute Gasteiger partial charge is 0.456 e. The standard InChI is InChI=1S/C23H15F9N2O.CH4N4/c24-15-4-7-17(18(25)9-15)20(11-34-20)22(28,29)19-8-3-14(10-33-19)13-1-5-16(6-2-13)35-12-21(26,27)23(30,31)32;2-1-4-5-3/h1-10,34H,11-12H2;1H,(H3,2,3,4). The van der Waals surface area contributed by atoms with Crippen molar-refractivity contribution in [2.24, 2.45) is 16.2 Å². The van der Waals surface area contributed by atoms with E-state index in [1.165, 1.54) is 18.2 Å². The Morgan fingerprint density at radius 1 is 0.975 bits per heavy atom. The Balaban J connectivity index is 0.000000810. The van der Waals surface area contributed by atoms with E-state index in [1.54, 1.807) is 0 Å². The zero-order valence-electron chi connectivity index (χ0n) is 20.0. The maximum atomic E-state index is 15.3. The van der Waals surface area contributed by atoms with Crippen LogP contribution >= 0.6 is 0 Å². The molecular formula is C24H19F9N6O. The van der Waals surface area contributed by atoms with Gasteiger partial charge < -0.3 is 10.6 Å². The molecule has 1 aliphatic heterocycles. The molecule has 7 nitrogen and oxygen atoms in total. The molecule has 0 amide bonds. The first-order valence-electron chi connectivity index (χ1n) is 11.0. The lowest BCUT2D eigenvalue weighted by atomic mass is 9.89. The molecule has 3 aromatic rings. The third-order valence-corrected chi connectivity index (χ3v) is 5.69. The highest BCUT2D eigenvalue weighted by molar-refractivity contribution is 5.63. The lowest BCUT2D eigenvalue weighted by Gasteiger charge is -2.26. The fourth-order valence-corrected chi connectivity index (χ4v) is 3.51. The van der Waals surface area contributed by atoms with Crippen molar-refractivity contribution >= 4 is 6.34 Å². The van der Waals surface area contributed by atoms with Crippen LogP contribution in [-0.4, -0.2) is 36.6 Å². The number of pyridine rings is 1. The van der Waals surface area contributed by atoms with Crippen LogP contribution in [0.15, 0.2) is 71.1 Å². The van der Waals surface area contributed by atoms with Gasteiger partial charge in [-0.2, -0.15) is 30.7 Å². The van der Waals surface area contributed by atoms with E-state index in [4.69, 9.17) is 5.41 Å². The first-order chi connectivity index (χ1) is 18.7. The number of hydrogen-bond donors (Lipinski definition) is 3. The zero-order chi connectivity index (χ0) is 29.8. The predicted molar refractivity (Wildman–Crippen MR) is 124 cm³/mol. The highest BCUT2D eigenvalue weighted by atomic mass is 19.4. The van der Waals surface area contributed by atoms with Crippen molar-refractivity contribution in [1.82, 2.24) is 10.3 Å². The van der Waals surface area contributed by atoms with E-state index in [9.17, 15) is 30.7 Å². The summed E-state index contributed by atoms with van der Waals surface area (Å²) < 4.78 is 125. The van der Waals surface area contributed by atoms with Gasteiger partial charge in [0.2, 0.25) is 0 Å². The molecule has 1 saturated heterocycles. The minimum Gasteiger partial charge on any atom is -0.487 e. The Morgan fingerprint density at radius 2 is 1.60 bits per heavy atom. The van der Waals surface area contributed by atoms with Crippen molar-refractivity contribution in [3.8, 4) is 16.9 Å². The summed E-state index contributed by atoms with van der Waals surface area (Å²) in [6.45, 7) is -2.16. The second-order valence-electron chi connectivity index (χ2n) is 8.26. The maximum absolute atomic E-state index is 15.3. The normalized spacial score (nSPS) is 17.2. The van der Waals surface area contributed by atoms with Crippen LogP contribution in [0.2, 0.25) is 0 Å². The molecule has 0 saturated carbocycles. The fourth-order valence-electron chi connectivity index (χ4n) is 3.51. The number of halogens is 9. The van der Waals surface area contributed by atoms with E-state index in [0.717, 1.165) is 42.9 Å². The minimum absolute atomic E-state index is 0.253. The number of alkyl halides is 7. The van der Waals surface area contributed by atoms with Gasteiger partial charge in [0.25, 0.3) is 0 Å². The summed E-state index contributed by atoms with van der Waals surface area (Å²) in [6.07, 6.45) is -3.88. The monoisotopic (exact) mass is 578 g/mol. The molecule has 0 radical (unpaired) electrons. The SMILES string of the molecule is Fc1ccc(C2(C(F)(F)c3ccc(-c4ccc(OCC(F)(F)C(F)(F)F)cc4)cn3)CN2)c(F)c1.N=CN=NN. The Hall–Kier alpha value is -4.21. The van der Waals surface area contributed by atoms with Crippen LogP contribution in [0.1, 0.15) is 11.3 Å². The van der Waals surface area contributed by atoms with E-state index in [0.29, 0.717) is 17.2 Å². The number of hydrogen-bond acceptors (Lipinski definition) is 5. The number of ether oxygens (including phenoxy) is 1. The summed E-state index contributed by atoms with van der Waals surface area (Å²) in [6, 6.07) is 9.59. The number of benzene rings is 2. The Labute approximate surface area is 220 Å². The summed E-state index contributed by atoms with van der Waals surface area (Å²) >= 11 is 0. The van der Waals surface area contributed by atoms with E-state index >= 15 is 8.78 Å². The summed E-state index contributed by atoms with van der Waals surface area (Å²) in [5, 5.41) is 14.2. The molecule has 1 unspecified atom stereocenters. The molecule has 16 heteroatoms. The largest absolute Gasteiger partial charge is 0.487 e.